The molecule has 0 unspecified atom stereocenters. The molecule has 1 rings (SSSR count). The number of nitrogens with one attached hydrogen (secondary N) is 1. The molecule has 0 aromatic heterocycles. The first-order valence-electron chi connectivity index (χ1n) is 2.77. The van der Waals surface area contributed by atoms with Gasteiger partial charge in [0.2, 0.25) is 0 Å². The van der Waals surface area contributed by atoms with Crippen molar-refractivity contribution in [3.63, 3.8) is 0 Å². The standard InChI is InChI=1S/C6H7NO3/c8-6(9)3-5-1-2-10-7-4-5/h1-2,4,7H,3H2,(H,8,9). The normalized spacial score (nSPS) is 15.0. The Labute approximate surface area is 57.8 Å². The number of hydroxylamine groups is 1. The summed E-state index contributed by atoms with van der Waals surface area (Å²) >= 11 is 0. The third-order valence-electron chi connectivity index (χ3n) is 1.02. The minimum absolute atomic E-state index is 0.0207. The summed E-state index contributed by atoms with van der Waals surface area (Å²) in [6, 6.07) is 0. The van der Waals surface area contributed by atoms with Gasteiger partial charge in [-0.05, 0) is 11.6 Å². The fourth-order valence-electron chi connectivity index (χ4n) is 0.603. The smallest absolute Gasteiger partial charge is 0.307 e. The molecule has 2 N–H and O–H groups in total. The zero-order valence-electron chi connectivity index (χ0n) is 5.20. The number of carbonyl (C=O) groups is 1. The van der Waals surface area contributed by atoms with Crippen LogP contribution in [0.5, 0.6) is 0 Å². The summed E-state index contributed by atoms with van der Waals surface area (Å²) in [4.78, 5) is 14.7. The number of carboxylic acids is 1. The Hall–Kier alpha value is -1.45. The van der Waals surface area contributed by atoms with Crippen LogP contribution in [0.3, 0.4) is 0 Å². The highest BCUT2D eigenvalue weighted by Crippen LogP contribution is 2.04. The largest absolute Gasteiger partial charge is 0.481 e. The molecule has 54 valence electrons. The van der Waals surface area contributed by atoms with Crippen LogP contribution in [0, 0.1) is 0 Å². The molecule has 0 aromatic carbocycles. The van der Waals surface area contributed by atoms with Gasteiger partial charge in [-0.3, -0.25) is 4.79 Å². The molecule has 0 bridgehead atoms. The summed E-state index contributed by atoms with van der Waals surface area (Å²) in [5, 5.41) is 8.32. The van der Waals surface area contributed by atoms with Crippen LogP contribution in [0.15, 0.2) is 24.1 Å². The Morgan fingerprint density at radius 1 is 1.80 bits per heavy atom. The Balaban J connectivity index is 2.48. The van der Waals surface area contributed by atoms with Gasteiger partial charge in [-0.2, -0.15) is 0 Å². The van der Waals surface area contributed by atoms with Crippen molar-refractivity contribution in [3.8, 4) is 0 Å². The van der Waals surface area contributed by atoms with Crippen molar-refractivity contribution in [1.29, 1.82) is 0 Å². The van der Waals surface area contributed by atoms with E-state index in [-0.39, 0.29) is 6.42 Å². The van der Waals surface area contributed by atoms with E-state index < -0.39 is 5.97 Å². The van der Waals surface area contributed by atoms with E-state index in [1.165, 1.54) is 12.5 Å². The van der Waals surface area contributed by atoms with Gasteiger partial charge in [0.1, 0.15) is 6.26 Å². The zero-order chi connectivity index (χ0) is 7.40. The van der Waals surface area contributed by atoms with Crippen molar-refractivity contribution >= 4 is 5.97 Å². The van der Waals surface area contributed by atoms with Gasteiger partial charge in [0.25, 0.3) is 0 Å². The lowest BCUT2D eigenvalue weighted by Gasteiger charge is -2.05. The summed E-state index contributed by atoms with van der Waals surface area (Å²) in [5.74, 6) is -0.848. The van der Waals surface area contributed by atoms with Crippen LogP contribution >= 0.6 is 0 Å². The lowest BCUT2D eigenvalue weighted by atomic mass is 10.2. The monoisotopic (exact) mass is 141 g/mol. The Morgan fingerprint density at radius 3 is 3.10 bits per heavy atom. The van der Waals surface area contributed by atoms with Crippen LogP contribution in [0.4, 0.5) is 0 Å². The SMILES string of the molecule is O=C(O)CC1=CNOC=C1. The Kier molecular flexibility index (Phi) is 1.94. The van der Waals surface area contributed by atoms with Gasteiger partial charge in [-0.1, -0.05) is 0 Å². The molecule has 0 atom stereocenters. The molecule has 0 aliphatic carbocycles. The van der Waals surface area contributed by atoms with Gasteiger partial charge in [-0.25, -0.2) is 5.48 Å². The summed E-state index contributed by atoms with van der Waals surface area (Å²) in [5.41, 5.74) is 3.12. The number of allylic oxidation sites excluding steroid dienone is 1. The number of aliphatic carboxylic acids is 1. The van der Waals surface area contributed by atoms with Crippen LogP contribution in [-0.2, 0) is 9.63 Å². The molecule has 1 heterocycles. The topological polar surface area (TPSA) is 58.6 Å². The molecule has 0 spiro atoms. The average molecular weight is 141 g/mol. The van der Waals surface area contributed by atoms with E-state index >= 15 is 0 Å². The number of rotatable bonds is 2. The first-order chi connectivity index (χ1) is 4.79. The van der Waals surface area contributed by atoms with Crippen molar-refractivity contribution in [2.24, 2.45) is 0 Å². The van der Waals surface area contributed by atoms with Crippen molar-refractivity contribution in [3.05, 3.63) is 24.1 Å². The molecule has 0 fully saturated rings. The first-order valence-corrected chi connectivity index (χ1v) is 2.77. The third-order valence-corrected chi connectivity index (χ3v) is 1.02. The van der Waals surface area contributed by atoms with E-state index in [4.69, 9.17) is 5.11 Å². The highest BCUT2D eigenvalue weighted by Gasteiger charge is 2.02. The summed E-state index contributed by atoms with van der Waals surface area (Å²) in [6.07, 6.45) is 4.53. The van der Waals surface area contributed by atoms with Crippen LogP contribution in [0.2, 0.25) is 0 Å². The minimum Gasteiger partial charge on any atom is -0.481 e. The third kappa shape index (κ3) is 1.81. The number of hydrogen-bond donors (Lipinski definition) is 2. The molecular formula is C6H7NO3. The highest BCUT2D eigenvalue weighted by atomic mass is 16.6. The molecule has 1 aliphatic heterocycles. The Bertz CT molecular complexity index is 195. The predicted molar refractivity (Wildman–Crippen MR) is 33.7 cm³/mol. The van der Waals surface area contributed by atoms with Gasteiger partial charge in [0.15, 0.2) is 0 Å². The van der Waals surface area contributed by atoms with Crippen LogP contribution in [0.25, 0.3) is 0 Å². The molecule has 0 amide bonds. The second-order valence-corrected chi connectivity index (χ2v) is 1.83. The minimum atomic E-state index is -0.848. The van der Waals surface area contributed by atoms with Gasteiger partial charge in [-0.15, -0.1) is 0 Å². The average Bonchev–Trinajstić information content (AvgIpc) is 1.88. The van der Waals surface area contributed by atoms with Crippen molar-refractivity contribution in [2.45, 2.75) is 6.42 Å². The maximum absolute atomic E-state index is 10.1. The fraction of sp³-hybridized carbons (Fsp3) is 0.167. The Morgan fingerprint density at radius 2 is 2.60 bits per heavy atom. The van der Waals surface area contributed by atoms with Gasteiger partial charge < -0.3 is 9.94 Å². The lowest BCUT2D eigenvalue weighted by Crippen LogP contribution is -2.08. The summed E-state index contributed by atoms with van der Waals surface area (Å²) in [6.45, 7) is 0. The molecule has 0 radical (unpaired) electrons. The van der Waals surface area contributed by atoms with Gasteiger partial charge in [0.05, 0.1) is 6.42 Å². The molecule has 0 saturated carbocycles. The quantitative estimate of drug-likeness (QED) is 0.584. The second-order valence-electron chi connectivity index (χ2n) is 1.83. The first kappa shape index (κ1) is 6.67. The maximum atomic E-state index is 10.1. The fourth-order valence-corrected chi connectivity index (χ4v) is 0.603. The molecule has 1 aliphatic rings. The van der Waals surface area contributed by atoms with Crippen LogP contribution in [0.1, 0.15) is 6.42 Å². The van der Waals surface area contributed by atoms with E-state index in [0.29, 0.717) is 5.57 Å². The predicted octanol–water partition coefficient (Wildman–Crippen LogP) is 0.394. The number of carboxylic acid groups (broad SMARTS) is 1. The van der Waals surface area contributed by atoms with Crippen molar-refractivity contribution < 1.29 is 14.7 Å². The summed E-state index contributed by atoms with van der Waals surface area (Å²) < 4.78 is 0. The van der Waals surface area contributed by atoms with Crippen LogP contribution in [-0.4, -0.2) is 11.1 Å². The van der Waals surface area contributed by atoms with Crippen molar-refractivity contribution in [2.75, 3.05) is 0 Å². The molecular weight excluding hydrogens is 134 g/mol. The molecule has 4 heteroatoms. The summed E-state index contributed by atoms with van der Waals surface area (Å²) in [7, 11) is 0. The van der Waals surface area contributed by atoms with Gasteiger partial charge in [0, 0.05) is 6.20 Å². The molecule has 0 aromatic rings. The molecule has 10 heavy (non-hydrogen) atoms. The number of hydrogen-bond acceptors (Lipinski definition) is 3. The van der Waals surface area contributed by atoms with E-state index in [9.17, 15) is 4.79 Å². The zero-order valence-corrected chi connectivity index (χ0v) is 5.20. The van der Waals surface area contributed by atoms with E-state index in [1.54, 1.807) is 6.08 Å². The van der Waals surface area contributed by atoms with Crippen molar-refractivity contribution in [1.82, 2.24) is 5.48 Å². The maximum Gasteiger partial charge on any atom is 0.307 e. The highest BCUT2D eigenvalue weighted by molar-refractivity contribution is 5.70. The van der Waals surface area contributed by atoms with Gasteiger partial charge >= 0.3 is 5.97 Å². The van der Waals surface area contributed by atoms with E-state index in [1.807, 2.05) is 0 Å². The molecule has 0 saturated heterocycles. The second kappa shape index (κ2) is 2.91. The molecule has 4 nitrogen and oxygen atoms in total. The van der Waals surface area contributed by atoms with E-state index in [0.717, 1.165) is 0 Å². The lowest BCUT2D eigenvalue weighted by molar-refractivity contribution is -0.136. The van der Waals surface area contributed by atoms with Crippen LogP contribution < -0.4 is 5.48 Å². The van der Waals surface area contributed by atoms with E-state index in [2.05, 4.69) is 10.3 Å².